The normalized spacial score (nSPS) is 44.9. The lowest BCUT2D eigenvalue weighted by molar-refractivity contribution is -0.163. The molecule has 5 aliphatic carbocycles. The molecule has 2 unspecified atom stereocenters. The van der Waals surface area contributed by atoms with Gasteiger partial charge in [-0.3, -0.25) is 14.4 Å². The van der Waals surface area contributed by atoms with Crippen molar-refractivity contribution in [3.05, 3.63) is 23.3 Å². The molecule has 8 atom stereocenters. The SMILES string of the molecule is C#CC12CC[C@@]3(C)CC[C@](C)(C(=O)N/C(C)=N\O)C[C@H]3[C@H]1C(=O)C=C1[C@@]3(C)C=C(C#N)C(=O)C(C)(C)C3CC[C@]12C. The number of amidine groups is 1. The Morgan fingerprint density at radius 1 is 1.10 bits per heavy atom. The summed E-state index contributed by atoms with van der Waals surface area (Å²) in [5, 5.41) is 24.9. The van der Waals surface area contributed by atoms with Crippen molar-refractivity contribution in [1.82, 2.24) is 5.32 Å². The summed E-state index contributed by atoms with van der Waals surface area (Å²) in [5.74, 6) is 2.48. The van der Waals surface area contributed by atoms with Gasteiger partial charge in [-0.05, 0) is 80.8 Å². The summed E-state index contributed by atoms with van der Waals surface area (Å²) in [6.45, 7) is 13.9. The molecule has 41 heavy (non-hydrogen) atoms. The summed E-state index contributed by atoms with van der Waals surface area (Å²) in [6, 6.07) is 2.14. The quantitative estimate of drug-likeness (QED) is 0.140. The van der Waals surface area contributed by atoms with E-state index in [4.69, 9.17) is 11.6 Å². The van der Waals surface area contributed by atoms with Gasteiger partial charge in [-0.15, -0.1) is 6.42 Å². The number of Topliss-reactive ketones (excluding diaryl/α,β-unsaturated/α-hetero) is 1. The number of nitrogens with one attached hydrogen (secondary N) is 1. The molecule has 0 radical (unpaired) electrons. The lowest BCUT2D eigenvalue weighted by atomic mass is 9.34. The molecule has 0 aliphatic heterocycles. The maximum Gasteiger partial charge on any atom is 0.231 e. The molecule has 0 aromatic heterocycles. The number of oxime groups is 1. The lowest BCUT2D eigenvalue weighted by Crippen LogP contribution is -2.65. The van der Waals surface area contributed by atoms with E-state index in [1.807, 2.05) is 32.9 Å². The fraction of sp³-hybridized carbons (Fsp3) is 0.676. The van der Waals surface area contributed by atoms with Crippen LogP contribution in [-0.2, 0) is 14.4 Å². The van der Waals surface area contributed by atoms with Gasteiger partial charge in [0.25, 0.3) is 0 Å². The molecule has 0 aromatic rings. The summed E-state index contributed by atoms with van der Waals surface area (Å²) in [4.78, 5) is 41.2. The van der Waals surface area contributed by atoms with Crippen LogP contribution in [0.15, 0.2) is 28.5 Å². The third kappa shape index (κ3) is 3.63. The number of hydrogen-bond donors (Lipinski definition) is 2. The molecule has 7 nitrogen and oxygen atoms in total. The fourth-order valence-electron chi connectivity index (χ4n) is 10.2. The molecule has 5 rings (SSSR count). The summed E-state index contributed by atoms with van der Waals surface area (Å²) in [5.41, 5.74) is -2.37. The van der Waals surface area contributed by atoms with Crippen LogP contribution in [0.5, 0.6) is 0 Å². The first-order chi connectivity index (χ1) is 19.0. The zero-order valence-corrected chi connectivity index (χ0v) is 25.5. The Morgan fingerprint density at radius 2 is 1.76 bits per heavy atom. The van der Waals surface area contributed by atoms with E-state index in [1.54, 1.807) is 6.92 Å². The smallest absolute Gasteiger partial charge is 0.231 e. The molecule has 0 bridgehead atoms. The average molecular weight is 558 g/mol. The van der Waals surface area contributed by atoms with Crippen molar-refractivity contribution in [1.29, 1.82) is 5.26 Å². The second kappa shape index (κ2) is 8.90. The Hall–Kier alpha value is -3.19. The Bertz CT molecular complexity index is 1420. The maximum absolute atomic E-state index is 14.5. The van der Waals surface area contributed by atoms with E-state index in [2.05, 4.69) is 43.2 Å². The highest BCUT2D eigenvalue weighted by Crippen LogP contribution is 2.74. The number of nitriles is 1. The van der Waals surface area contributed by atoms with Crippen molar-refractivity contribution in [2.75, 3.05) is 0 Å². The molecule has 0 aromatic carbocycles. The van der Waals surface area contributed by atoms with Crippen LogP contribution in [0.2, 0.25) is 0 Å². The second-order valence-corrected chi connectivity index (χ2v) is 15.1. The van der Waals surface area contributed by atoms with Gasteiger partial charge < -0.3 is 10.5 Å². The van der Waals surface area contributed by atoms with Gasteiger partial charge in [0.2, 0.25) is 5.91 Å². The fourth-order valence-corrected chi connectivity index (χ4v) is 10.2. The summed E-state index contributed by atoms with van der Waals surface area (Å²) < 4.78 is 0. The van der Waals surface area contributed by atoms with Gasteiger partial charge >= 0.3 is 0 Å². The Kier molecular flexibility index (Phi) is 6.36. The predicted molar refractivity (Wildman–Crippen MR) is 155 cm³/mol. The van der Waals surface area contributed by atoms with Crippen LogP contribution in [0.4, 0.5) is 0 Å². The molecule has 0 heterocycles. The van der Waals surface area contributed by atoms with Gasteiger partial charge in [0.15, 0.2) is 11.6 Å². The number of ketones is 2. The van der Waals surface area contributed by atoms with E-state index >= 15 is 0 Å². The molecule has 7 heteroatoms. The molecule has 3 fully saturated rings. The average Bonchev–Trinajstić information content (AvgIpc) is 2.92. The van der Waals surface area contributed by atoms with Gasteiger partial charge in [0.05, 0.1) is 11.0 Å². The number of amides is 1. The number of nitrogens with zero attached hydrogens (tertiary/aromatic N) is 2. The minimum absolute atomic E-state index is 0.00704. The zero-order valence-electron chi connectivity index (χ0n) is 25.5. The Balaban J connectivity index is 1.65. The molecular formula is C34H43N3O4. The summed E-state index contributed by atoms with van der Waals surface area (Å²) in [6.07, 6.45) is 15.3. The van der Waals surface area contributed by atoms with Crippen molar-refractivity contribution >= 4 is 23.3 Å². The summed E-state index contributed by atoms with van der Waals surface area (Å²) in [7, 11) is 0. The molecule has 218 valence electrons. The van der Waals surface area contributed by atoms with E-state index in [0.717, 1.165) is 37.7 Å². The molecule has 2 N–H and O–H groups in total. The summed E-state index contributed by atoms with van der Waals surface area (Å²) >= 11 is 0. The zero-order chi connectivity index (χ0) is 30.4. The first kappa shape index (κ1) is 29.3. The van der Waals surface area contributed by atoms with Crippen LogP contribution >= 0.6 is 0 Å². The van der Waals surface area contributed by atoms with Crippen molar-refractivity contribution in [2.45, 2.75) is 93.4 Å². The molecular weight excluding hydrogens is 514 g/mol. The van der Waals surface area contributed by atoms with E-state index in [0.29, 0.717) is 12.8 Å². The number of allylic oxidation sites excluding steroid dienone is 4. The van der Waals surface area contributed by atoms with Crippen molar-refractivity contribution in [3.63, 3.8) is 0 Å². The Morgan fingerprint density at radius 3 is 2.37 bits per heavy atom. The van der Waals surface area contributed by atoms with Gasteiger partial charge in [-0.2, -0.15) is 5.26 Å². The van der Waals surface area contributed by atoms with E-state index < -0.39 is 33.0 Å². The van der Waals surface area contributed by atoms with Gasteiger partial charge in [-0.1, -0.05) is 58.7 Å². The van der Waals surface area contributed by atoms with Crippen LogP contribution < -0.4 is 5.32 Å². The Labute approximate surface area is 243 Å². The van der Waals surface area contributed by atoms with Crippen LogP contribution in [0.1, 0.15) is 93.4 Å². The predicted octanol–water partition coefficient (Wildman–Crippen LogP) is 5.74. The van der Waals surface area contributed by atoms with E-state index in [1.165, 1.54) is 0 Å². The van der Waals surface area contributed by atoms with Crippen LogP contribution in [-0.4, -0.2) is 28.5 Å². The highest BCUT2D eigenvalue weighted by atomic mass is 16.4. The monoisotopic (exact) mass is 557 g/mol. The van der Waals surface area contributed by atoms with Gasteiger partial charge in [0.1, 0.15) is 11.9 Å². The van der Waals surface area contributed by atoms with E-state index in [9.17, 15) is 19.6 Å². The number of carbonyl (C=O) groups is 3. The highest BCUT2D eigenvalue weighted by molar-refractivity contribution is 6.05. The largest absolute Gasteiger partial charge is 0.409 e. The number of fused-ring (bicyclic) bond motifs is 7. The van der Waals surface area contributed by atoms with Gasteiger partial charge in [0, 0.05) is 27.6 Å². The van der Waals surface area contributed by atoms with Crippen LogP contribution in [0, 0.1) is 73.9 Å². The second-order valence-electron chi connectivity index (χ2n) is 15.1. The van der Waals surface area contributed by atoms with Crippen LogP contribution in [0.25, 0.3) is 0 Å². The number of terminal acetylenes is 1. The molecule has 0 spiro atoms. The first-order valence-electron chi connectivity index (χ1n) is 14.9. The lowest BCUT2D eigenvalue weighted by Gasteiger charge is -2.68. The van der Waals surface area contributed by atoms with Crippen molar-refractivity contribution in [2.24, 2.45) is 55.4 Å². The topological polar surface area (TPSA) is 120 Å². The standard InChI is InChI=1S/C34H43N3O4/c1-9-34-15-14-30(5)12-13-31(6,28(40)36-20(2)37-41)18-22(30)26(34)23(38)16-25-32(7)17-21(19-35)27(39)29(3,4)24(32)10-11-33(25,34)8/h1,16-17,22,24,26,41H,10-15,18H2,2-8H3,(H,36,37,40)/t22-,24?,26-,30+,31-,32-,33+,34?/m0/s1. The third-order valence-corrected chi connectivity index (χ3v) is 12.8. The minimum atomic E-state index is -0.740. The highest BCUT2D eigenvalue weighted by Gasteiger charge is 2.71. The number of hydrogen-bond acceptors (Lipinski definition) is 6. The molecule has 3 saturated carbocycles. The molecule has 1 amide bonds. The molecule has 5 aliphatic rings. The van der Waals surface area contributed by atoms with Gasteiger partial charge in [-0.25, -0.2) is 0 Å². The van der Waals surface area contributed by atoms with Crippen LogP contribution in [0.3, 0.4) is 0 Å². The number of rotatable bonds is 1. The molecule has 0 saturated heterocycles. The van der Waals surface area contributed by atoms with Crippen molar-refractivity contribution in [3.8, 4) is 18.4 Å². The first-order valence-corrected chi connectivity index (χ1v) is 14.9. The van der Waals surface area contributed by atoms with Crippen molar-refractivity contribution < 1.29 is 19.6 Å². The maximum atomic E-state index is 14.5. The van der Waals surface area contributed by atoms with E-state index in [-0.39, 0.29) is 46.1 Å². The number of carbonyl (C=O) groups excluding carboxylic acids is 3. The minimum Gasteiger partial charge on any atom is -0.409 e. The third-order valence-electron chi connectivity index (χ3n) is 12.8.